The van der Waals surface area contributed by atoms with Crippen molar-refractivity contribution in [3.8, 4) is 11.8 Å². The van der Waals surface area contributed by atoms with Crippen LogP contribution in [0.5, 0.6) is 0 Å². The lowest BCUT2D eigenvalue weighted by molar-refractivity contribution is -0.124. The first-order chi connectivity index (χ1) is 18.1. The molecule has 0 unspecified atom stereocenters. The molecule has 8 heteroatoms. The molecule has 3 fully saturated rings. The Bertz CT molecular complexity index is 1030. The SMILES string of the molecule is COC(=O)c1sc(C#CC(C)(C)C)cc1N(C(=O)C1CCC(C)CC1)C1CCC(O[C@H]2COC[C@H]2O)CC1. The van der Waals surface area contributed by atoms with Gasteiger partial charge in [0.25, 0.3) is 0 Å². The Hall–Kier alpha value is -1.92. The zero-order chi connectivity index (χ0) is 27.4. The molecule has 7 nitrogen and oxygen atoms in total. The smallest absolute Gasteiger partial charge is 0.350 e. The largest absolute Gasteiger partial charge is 0.465 e. The molecule has 38 heavy (non-hydrogen) atoms. The van der Waals surface area contributed by atoms with Gasteiger partial charge < -0.3 is 24.2 Å². The zero-order valence-corrected chi connectivity index (χ0v) is 24.3. The highest BCUT2D eigenvalue weighted by Crippen LogP contribution is 2.39. The first-order valence-electron chi connectivity index (χ1n) is 14.1. The van der Waals surface area contributed by atoms with Gasteiger partial charge in [0.1, 0.15) is 17.1 Å². The molecule has 3 aliphatic rings. The molecule has 1 aliphatic heterocycles. The molecule has 2 heterocycles. The number of methoxy groups -OCH3 is 1. The van der Waals surface area contributed by atoms with Crippen LogP contribution in [0.3, 0.4) is 0 Å². The predicted molar refractivity (Wildman–Crippen MR) is 148 cm³/mol. The number of hydrogen-bond donors (Lipinski definition) is 1. The second kappa shape index (κ2) is 12.5. The second-order valence-corrected chi connectivity index (χ2v) is 13.2. The van der Waals surface area contributed by atoms with Gasteiger partial charge in [-0.3, -0.25) is 4.79 Å². The van der Waals surface area contributed by atoms with E-state index < -0.39 is 12.1 Å². The van der Waals surface area contributed by atoms with E-state index >= 15 is 0 Å². The van der Waals surface area contributed by atoms with Gasteiger partial charge >= 0.3 is 5.97 Å². The number of rotatable bonds is 6. The number of nitrogens with zero attached hydrogens (tertiary/aromatic N) is 1. The Morgan fingerprint density at radius 2 is 1.76 bits per heavy atom. The first-order valence-corrected chi connectivity index (χ1v) is 14.9. The average molecular weight is 546 g/mol. The summed E-state index contributed by atoms with van der Waals surface area (Å²) in [4.78, 5) is 30.2. The summed E-state index contributed by atoms with van der Waals surface area (Å²) in [5, 5.41) is 10.1. The minimum absolute atomic E-state index is 0.0239. The van der Waals surface area contributed by atoms with Crippen LogP contribution < -0.4 is 4.90 Å². The Balaban J connectivity index is 1.61. The van der Waals surface area contributed by atoms with Crippen molar-refractivity contribution in [3.63, 3.8) is 0 Å². The number of carbonyl (C=O) groups is 2. The van der Waals surface area contributed by atoms with Crippen LogP contribution in [0, 0.1) is 29.1 Å². The fourth-order valence-corrected chi connectivity index (χ4v) is 6.57. The molecule has 4 rings (SSSR count). The molecule has 1 amide bonds. The van der Waals surface area contributed by atoms with Crippen LogP contribution in [0.15, 0.2) is 6.07 Å². The number of esters is 1. The number of aliphatic hydroxyl groups is 1. The summed E-state index contributed by atoms with van der Waals surface area (Å²) in [7, 11) is 1.38. The van der Waals surface area contributed by atoms with Crippen LogP contribution in [0.4, 0.5) is 5.69 Å². The van der Waals surface area contributed by atoms with Gasteiger partial charge in [0.05, 0.1) is 37.0 Å². The highest BCUT2D eigenvalue weighted by atomic mass is 32.1. The Kier molecular flexibility index (Phi) is 9.57. The van der Waals surface area contributed by atoms with E-state index in [0.717, 1.165) is 56.2 Å². The standard InChI is InChI=1S/C30H43NO6S/c1-19-6-8-20(9-7-19)28(33)31(21-10-12-22(13-11-21)37-26-18-36-17-25(26)32)24-16-23(14-15-30(2,3)4)38-27(24)29(34)35-5/h16,19-22,25-26,32H,6-13,17-18H2,1-5H3/t19?,20?,21?,22?,25-,26+/m1/s1. The van der Waals surface area contributed by atoms with Crippen molar-refractivity contribution in [2.24, 2.45) is 17.3 Å². The van der Waals surface area contributed by atoms with Crippen molar-refractivity contribution in [2.75, 3.05) is 25.2 Å². The van der Waals surface area contributed by atoms with E-state index in [4.69, 9.17) is 14.2 Å². The van der Waals surface area contributed by atoms with E-state index in [9.17, 15) is 14.7 Å². The third kappa shape index (κ3) is 7.18. The summed E-state index contributed by atoms with van der Waals surface area (Å²) in [5.41, 5.74) is 0.452. The van der Waals surface area contributed by atoms with E-state index in [1.54, 1.807) is 0 Å². The van der Waals surface area contributed by atoms with E-state index in [1.807, 2.05) is 31.7 Å². The summed E-state index contributed by atoms with van der Waals surface area (Å²) in [6.45, 7) is 9.13. The summed E-state index contributed by atoms with van der Waals surface area (Å²) in [6.07, 6.45) is 6.11. The van der Waals surface area contributed by atoms with Crippen LogP contribution in [0.1, 0.15) is 93.6 Å². The fourth-order valence-electron chi connectivity index (χ4n) is 5.65. The third-order valence-electron chi connectivity index (χ3n) is 7.88. The lowest BCUT2D eigenvalue weighted by atomic mass is 9.81. The molecule has 1 N–H and O–H groups in total. The van der Waals surface area contributed by atoms with E-state index in [1.165, 1.54) is 18.4 Å². The number of thiophene rings is 1. The highest BCUT2D eigenvalue weighted by Gasteiger charge is 2.39. The number of hydrogen-bond acceptors (Lipinski definition) is 7. The molecule has 1 saturated heterocycles. The van der Waals surface area contributed by atoms with E-state index in [-0.39, 0.29) is 35.5 Å². The molecule has 0 bridgehead atoms. The van der Waals surface area contributed by atoms with Gasteiger partial charge in [-0.05, 0) is 84.1 Å². The quantitative estimate of drug-likeness (QED) is 0.392. The molecule has 210 valence electrons. The number of ether oxygens (including phenoxy) is 3. The first kappa shape index (κ1) is 29.1. The Labute approximate surface area is 231 Å². The van der Waals surface area contributed by atoms with Crippen LogP contribution in [0.25, 0.3) is 0 Å². The van der Waals surface area contributed by atoms with Gasteiger partial charge in [0.15, 0.2) is 0 Å². The van der Waals surface area contributed by atoms with Gasteiger partial charge in [-0.2, -0.15) is 0 Å². The van der Waals surface area contributed by atoms with E-state index in [2.05, 4.69) is 18.8 Å². The molecule has 0 spiro atoms. The molecule has 2 aliphatic carbocycles. The molecule has 0 aromatic carbocycles. The zero-order valence-electron chi connectivity index (χ0n) is 23.5. The monoisotopic (exact) mass is 545 g/mol. The Morgan fingerprint density at radius 3 is 2.34 bits per heavy atom. The summed E-state index contributed by atoms with van der Waals surface area (Å²) in [6, 6.07) is 1.88. The topological polar surface area (TPSA) is 85.3 Å². The van der Waals surface area contributed by atoms with Gasteiger partial charge in [-0.1, -0.05) is 18.8 Å². The van der Waals surface area contributed by atoms with Gasteiger partial charge in [0, 0.05) is 17.4 Å². The van der Waals surface area contributed by atoms with Gasteiger partial charge in [-0.25, -0.2) is 4.79 Å². The van der Waals surface area contributed by atoms with Crippen LogP contribution in [-0.2, 0) is 19.0 Å². The van der Waals surface area contributed by atoms with Crippen molar-refractivity contribution >= 4 is 28.9 Å². The predicted octanol–water partition coefficient (Wildman–Crippen LogP) is 5.18. The Morgan fingerprint density at radius 1 is 1.08 bits per heavy atom. The van der Waals surface area contributed by atoms with E-state index in [0.29, 0.717) is 29.7 Å². The number of carbonyl (C=O) groups excluding carboxylic acids is 2. The van der Waals surface area contributed by atoms with Crippen molar-refractivity contribution < 1.29 is 28.9 Å². The molecular weight excluding hydrogens is 502 g/mol. The molecule has 0 radical (unpaired) electrons. The number of amides is 1. The minimum atomic E-state index is -0.583. The molecule has 2 saturated carbocycles. The summed E-state index contributed by atoms with van der Waals surface area (Å²) >= 11 is 1.30. The maximum Gasteiger partial charge on any atom is 0.350 e. The van der Waals surface area contributed by atoms with Gasteiger partial charge in [0.2, 0.25) is 5.91 Å². The molecule has 1 aromatic rings. The van der Waals surface area contributed by atoms with Crippen molar-refractivity contribution in [1.29, 1.82) is 0 Å². The number of anilines is 1. The second-order valence-electron chi connectivity index (χ2n) is 12.2. The van der Waals surface area contributed by atoms with Crippen molar-refractivity contribution in [1.82, 2.24) is 0 Å². The van der Waals surface area contributed by atoms with Crippen LogP contribution in [0.2, 0.25) is 0 Å². The molecule has 1 aromatic heterocycles. The fraction of sp³-hybridized carbons (Fsp3) is 0.733. The van der Waals surface area contributed by atoms with Crippen LogP contribution >= 0.6 is 11.3 Å². The lowest BCUT2D eigenvalue weighted by Crippen LogP contribution is -2.47. The summed E-state index contributed by atoms with van der Waals surface area (Å²) < 4.78 is 16.7. The lowest BCUT2D eigenvalue weighted by Gasteiger charge is -2.40. The van der Waals surface area contributed by atoms with Gasteiger partial charge in [-0.15, -0.1) is 11.3 Å². The van der Waals surface area contributed by atoms with Crippen LogP contribution in [-0.4, -0.2) is 61.7 Å². The summed E-state index contributed by atoms with van der Waals surface area (Å²) in [5.74, 6) is 6.75. The maximum atomic E-state index is 14.2. The van der Waals surface area contributed by atoms with Crippen molar-refractivity contribution in [2.45, 2.75) is 103 Å². The minimum Gasteiger partial charge on any atom is -0.465 e. The maximum absolute atomic E-state index is 14.2. The number of aliphatic hydroxyl groups excluding tert-OH is 1. The third-order valence-corrected chi connectivity index (χ3v) is 8.90. The highest BCUT2D eigenvalue weighted by molar-refractivity contribution is 7.15. The molecule has 2 atom stereocenters. The normalized spacial score (nSPS) is 29.8. The average Bonchev–Trinajstić information content (AvgIpc) is 3.49. The van der Waals surface area contributed by atoms with Crippen molar-refractivity contribution in [3.05, 3.63) is 15.8 Å². The molecular formula is C30H43NO6S.